The molecular formula is C16H26N2OS. The largest absolute Gasteiger partial charge is 0.372 e. The minimum Gasteiger partial charge on any atom is -0.372 e. The quantitative estimate of drug-likeness (QED) is 0.875. The van der Waals surface area contributed by atoms with Crippen LogP contribution in [0, 0.1) is 0 Å². The van der Waals surface area contributed by atoms with Gasteiger partial charge in [-0.15, -0.1) is 0 Å². The van der Waals surface area contributed by atoms with E-state index in [4.69, 9.17) is 0 Å². The summed E-state index contributed by atoms with van der Waals surface area (Å²) in [5, 5.41) is 3.42. The molecule has 0 spiro atoms. The highest BCUT2D eigenvalue weighted by molar-refractivity contribution is 7.84. The van der Waals surface area contributed by atoms with Gasteiger partial charge in [0.25, 0.3) is 0 Å². The molecule has 1 heterocycles. The van der Waals surface area contributed by atoms with Crippen molar-refractivity contribution in [1.82, 2.24) is 5.32 Å². The maximum atomic E-state index is 11.2. The molecule has 0 saturated carbocycles. The Bertz CT molecular complexity index is 427. The summed E-state index contributed by atoms with van der Waals surface area (Å²) >= 11 is 0. The van der Waals surface area contributed by atoms with Gasteiger partial charge in [0.05, 0.1) is 0 Å². The number of hydrogen-bond donors (Lipinski definition) is 1. The van der Waals surface area contributed by atoms with Crippen LogP contribution < -0.4 is 10.2 Å². The van der Waals surface area contributed by atoms with Crippen LogP contribution in [0.3, 0.4) is 0 Å². The Labute approximate surface area is 125 Å². The molecule has 0 aliphatic carbocycles. The Hall–Kier alpha value is -0.870. The van der Waals surface area contributed by atoms with Crippen molar-refractivity contribution in [1.29, 1.82) is 0 Å². The van der Waals surface area contributed by atoms with Crippen LogP contribution in [-0.2, 0) is 17.3 Å². The van der Waals surface area contributed by atoms with E-state index in [2.05, 4.69) is 41.4 Å². The van der Waals surface area contributed by atoms with Crippen LogP contribution in [0.5, 0.6) is 0 Å². The molecule has 2 atom stereocenters. The van der Waals surface area contributed by atoms with E-state index in [0.717, 1.165) is 6.54 Å². The molecule has 0 radical (unpaired) electrons. The molecular weight excluding hydrogens is 268 g/mol. The van der Waals surface area contributed by atoms with Crippen molar-refractivity contribution in [3.63, 3.8) is 0 Å². The molecule has 0 bridgehead atoms. The Balaban J connectivity index is 1.83. The predicted molar refractivity (Wildman–Crippen MR) is 87.7 cm³/mol. The Morgan fingerprint density at radius 3 is 2.45 bits per heavy atom. The number of rotatable bonds is 6. The molecule has 0 aromatic heterocycles. The van der Waals surface area contributed by atoms with Crippen LogP contribution in [0.2, 0.25) is 0 Å². The van der Waals surface area contributed by atoms with E-state index in [0.29, 0.717) is 11.8 Å². The average molecular weight is 294 g/mol. The van der Waals surface area contributed by atoms with Gasteiger partial charge < -0.3 is 10.2 Å². The highest BCUT2D eigenvalue weighted by Gasteiger charge is 2.10. The van der Waals surface area contributed by atoms with Crippen LogP contribution in [-0.4, -0.2) is 35.3 Å². The van der Waals surface area contributed by atoms with E-state index in [9.17, 15) is 4.21 Å². The Morgan fingerprint density at radius 1 is 1.20 bits per heavy atom. The molecule has 2 unspecified atom stereocenters. The Morgan fingerprint density at radius 2 is 1.85 bits per heavy atom. The number of benzene rings is 1. The third kappa shape index (κ3) is 4.91. The maximum absolute atomic E-state index is 11.2. The van der Waals surface area contributed by atoms with Crippen molar-refractivity contribution >= 4 is 16.5 Å². The lowest BCUT2D eigenvalue weighted by atomic mass is 10.1. The Kier molecular flexibility index (Phi) is 6.05. The van der Waals surface area contributed by atoms with Crippen LogP contribution in [0.4, 0.5) is 5.69 Å². The smallest absolute Gasteiger partial charge is 0.0383 e. The molecule has 1 aromatic rings. The fraction of sp³-hybridized carbons (Fsp3) is 0.625. The van der Waals surface area contributed by atoms with Gasteiger partial charge in [0.1, 0.15) is 0 Å². The number of anilines is 1. The lowest BCUT2D eigenvalue weighted by Gasteiger charge is -2.28. The van der Waals surface area contributed by atoms with Gasteiger partial charge in [0.2, 0.25) is 0 Å². The molecule has 2 rings (SSSR count). The average Bonchev–Trinajstić information content (AvgIpc) is 2.46. The maximum Gasteiger partial charge on any atom is 0.0383 e. The first-order valence-electron chi connectivity index (χ1n) is 7.52. The monoisotopic (exact) mass is 294 g/mol. The predicted octanol–water partition coefficient (Wildman–Crippen LogP) is 2.53. The second kappa shape index (κ2) is 7.79. The summed E-state index contributed by atoms with van der Waals surface area (Å²) in [5.41, 5.74) is 2.63. The van der Waals surface area contributed by atoms with Gasteiger partial charge in [-0.3, -0.25) is 4.21 Å². The SMILES string of the molecule is CC(CS(C)=O)NCc1ccc(N2CCCCC2)cc1. The van der Waals surface area contributed by atoms with Crippen molar-refractivity contribution in [2.45, 2.75) is 38.8 Å². The molecule has 1 N–H and O–H groups in total. The third-order valence-electron chi connectivity index (χ3n) is 3.80. The molecule has 4 heteroatoms. The number of nitrogens with one attached hydrogen (secondary N) is 1. The molecule has 20 heavy (non-hydrogen) atoms. The summed E-state index contributed by atoms with van der Waals surface area (Å²) in [6.07, 6.45) is 5.75. The highest BCUT2D eigenvalue weighted by Crippen LogP contribution is 2.20. The summed E-state index contributed by atoms with van der Waals surface area (Å²) in [7, 11) is -0.730. The standard InChI is InChI=1S/C16H26N2OS/c1-14(13-20(2)19)17-12-15-6-8-16(9-7-15)18-10-4-3-5-11-18/h6-9,14,17H,3-5,10-13H2,1-2H3. The number of hydrogen-bond acceptors (Lipinski definition) is 3. The van der Waals surface area contributed by atoms with Gasteiger partial charge in [-0.05, 0) is 43.9 Å². The molecule has 1 aromatic carbocycles. The first-order valence-corrected chi connectivity index (χ1v) is 9.25. The lowest BCUT2D eigenvalue weighted by Crippen LogP contribution is -2.30. The summed E-state index contributed by atoms with van der Waals surface area (Å²) in [4.78, 5) is 2.48. The number of piperidine rings is 1. The molecule has 1 aliphatic rings. The van der Waals surface area contributed by atoms with Crippen LogP contribution in [0.15, 0.2) is 24.3 Å². The molecule has 1 saturated heterocycles. The number of nitrogens with zero attached hydrogens (tertiary/aromatic N) is 1. The van der Waals surface area contributed by atoms with Gasteiger partial charge in [-0.2, -0.15) is 0 Å². The van der Waals surface area contributed by atoms with Crippen LogP contribution in [0.1, 0.15) is 31.7 Å². The zero-order chi connectivity index (χ0) is 14.4. The van der Waals surface area contributed by atoms with Crippen molar-refractivity contribution < 1.29 is 4.21 Å². The highest BCUT2D eigenvalue weighted by atomic mass is 32.2. The second-order valence-corrected chi connectivity index (χ2v) is 7.22. The van der Waals surface area contributed by atoms with Crippen LogP contribution in [0.25, 0.3) is 0 Å². The lowest BCUT2D eigenvalue weighted by molar-refractivity contribution is 0.577. The van der Waals surface area contributed by atoms with Crippen molar-refractivity contribution in [3.05, 3.63) is 29.8 Å². The van der Waals surface area contributed by atoms with E-state index in [1.165, 1.54) is 43.6 Å². The van der Waals surface area contributed by atoms with Crippen LogP contribution >= 0.6 is 0 Å². The molecule has 112 valence electrons. The first-order chi connectivity index (χ1) is 9.65. The van der Waals surface area contributed by atoms with Crippen molar-refractivity contribution in [2.24, 2.45) is 0 Å². The molecule has 1 fully saturated rings. The van der Waals surface area contributed by atoms with E-state index in [1.807, 2.05) is 0 Å². The summed E-state index contributed by atoms with van der Waals surface area (Å²) in [6, 6.07) is 9.15. The van der Waals surface area contributed by atoms with E-state index < -0.39 is 10.8 Å². The summed E-state index contributed by atoms with van der Waals surface area (Å²) < 4.78 is 11.2. The van der Waals surface area contributed by atoms with E-state index in [-0.39, 0.29) is 0 Å². The first kappa shape index (κ1) is 15.5. The van der Waals surface area contributed by atoms with Gasteiger partial charge in [0, 0.05) is 54.2 Å². The summed E-state index contributed by atoms with van der Waals surface area (Å²) in [6.45, 7) is 5.32. The minimum absolute atomic E-state index is 0.294. The molecule has 0 amide bonds. The summed E-state index contributed by atoms with van der Waals surface area (Å²) in [5.74, 6) is 0.714. The topological polar surface area (TPSA) is 32.3 Å². The van der Waals surface area contributed by atoms with Gasteiger partial charge >= 0.3 is 0 Å². The normalized spacial score (nSPS) is 18.8. The van der Waals surface area contributed by atoms with Gasteiger partial charge in [-0.1, -0.05) is 12.1 Å². The second-order valence-electron chi connectivity index (χ2n) is 5.74. The zero-order valence-corrected chi connectivity index (χ0v) is 13.4. The fourth-order valence-electron chi connectivity index (χ4n) is 2.68. The van der Waals surface area contributed by atoms with E-state index in [1.54, 1.807) is 6.26 Å². The van der Waals surface area contributed by atoms with Crippen molar-refractivity contribution in [3.8, 4) is 0 Å². The molecule has 3 nitrogen and oxygen atoms in total. The minimum atomic E-state index is -0.730. The third-order valence-corrected chi connectivity index (χ3v) is 4.77. The van der Waals surface area contributed by atoms with Crippen molar-refractivity contribution in [2.75, 3.05) is 30.0 Å². The van der Waals surface area contributed by atoms with Gasteiger partial charge in [0.15, 0.2) is 0 Å². The zero-order valence-electron chi connectivity index (χ0n) is 12.6. The molecule has 1 aliphatic heterocycles. The van der Waals surface area contributed by atoms with Gasteiger partial charge in [-0.25, -0.2) is 0 Å². The van der Waals surface area contributed by atoms with E-state index >= 15 is 0 Å². The fourth-order valence-corrected chi connectivity index (χ4v) is 3.50.